The Kier molecular flexibility index (Phi) is 5.89. The lowest BCUT2D eigenvalue weighted by Crippen LogP contribution is -2.44. The zero-order chi connectivity index (χ0) is 19.6. The molecule has 0 bridgehead atoms. The molecule has 1 N–H and O–H groups in total. The minimum Gasteiger partial charge on any atom is -0.486 e. The zero-order valence-corrected chi connectivity index (χ0v) is 16.6. The van der Waals surface area contributed by atoms with E-state index in [1.165, 1.54) is 0 Å². The van der Waals surface area contributed by atoms with E-state index in [2.05, 4.69) is 5.32 Å². The molecule has 0 aromatic heterocycles. The van der Waals surface area contributed by atoms with Crippen molar-refractivity contribution in [2.75, 3.05) is 39.9 Å². The Morgan fingerprint density at radius 1 is 1.19 bits per heavy atom. The SMILES string of the molecule is CCN(CC)C(=O)C1CC(NC(=O)c2cc3c(cc2C)OCCO3)CN1C. The highest BCUT2D eigenvalue weighted by atomic mass is 16.6. The average molecular weight is 375 g/mol. The fourth-order valence-corrected chi connectivity index (χ4v) is 3.84. The summed E-state index contributed by atoms with van der Waals surface area (Å²) in [7, 11) is 1.94. The van der Waals surface area contributed by atoms with Crippen LogP contribution < -0.4 is 14.8 Å². The quantitative estimate of drug-likeness (QED) is 0.843. The maximum atomic E-state index is 12.8. The Balaban J connectivity index is 1.67. The van der Waals surface area contributed by atoms with Gasteiger partial charge in [0.05, 0.1) is 6.04 Å². The van der Waals surface area contributed by atoms with E-state index in [4.69, 9.17) is 9.47 Å². The largest absolute Gasteiger partial charge is 0.486 e. The van der Waals surface area contributed by atoms with Crippen molar-refractivity contribution in [1.29, 1.82) is 0 Å². The Morgan fingerprint density at radius 3 is 2.44 bits per heavy atom. The number of carbonyl (C=O) groups is 2. The molecule has 2 aliphatic rings. The highest BCUT2D eigenvalue weighted by Crippen LogP contribution is 2.33. The number of hydrogen-bond acceptors (Lipinski definition) is 5. The van der Waals surface area contributed by atoms with Gasteiger partial charge in [0.2, 0.25) is 5.91 Å². The molecular formula is C20H29N3O4. The standard InChI is InChI=1S/C20H29N3O4/c1-5-23(6-2)20(25)16-10-14(12-22(16)4)21-19(24)15-11-18-17(9-13(15)3)26-7-8-27-18/h9,11,14,16H,5-8,10,12H2,1-4H3,(H,21,24). The van der Waals surface area contributed by atoms with Gasteiger partial charge in [-0.05, 0) is 51.9 Å². The molecule has 7 heteroatoms. The Bertz CT molecular complexity index is 717. The molecule has 1 aromatic rings. The van der Waals surface area contributed by atoms with Gasteiger partial charge >= 0.3 is 0 Å². The molecule has 1 fully saturated rings. The molecule has 0 radical (unpaired) electrons. The van der Waals surface area contributed by atoms with Crippen LogP contribution in [0.2, 0.25) is 0 Å². The number of nitrogens with zero attached hydrogens (tertiary/aromatic N) is 2. The number of rotatable bonds is 5. The highest BCUT2D eigenvalue weighted by Gasteiger charge is 2.37. The molecule has 27 heavy (non-hydrogen) atoms. The van der Waals surface area contributed by atoms with Crippen LogP contribution in [0, 0.1) is 6.92 Å². The van der Waals surface area contributed by atoms with Crippen LogP contribution in [0.3, 0.4) is 0 Å². The highest BCUT2D eigenvalue weighted by molar-refractivity contribution is 5.96. The molecule has 148 valence electrons. The molecule has 1 aromatic carbocycles. The van der Waals surface area contributed by atoms with Crippen LogP contribution in [0.4, 0.5) is 0 Å². The smallest absolute Gasteiger partial charge is 0.251 e. The number of benzene rings is 1. The van der Waals surface area contributed by atoms with Gasteiger partial charge in [0, 0.05) is 31.2 Å². The van der Waals surface area contributed by atoms with Gasteiger partial charge in [-0.25, -0.2) is 0 Å². The zero-order valence-electron chi connectivity index (χ0n) is 16.6. The molecular weight excluding hydrogens is 346 g/mol. The van der Waals surface area contributed by atoms with Crippen LogP contribution in [-0.4, -0.2) is 73.6 Å². The van der Waals surface area contributed by atoms with Crippen LogP contribution in [0.15, 0.2) is 12.1 Å². The first kappa shape index (κ1) is 19.5. The number of hydrogen-bond donors (Lipinski definition) is 1. The predicted octanol–water partition coefficient (Wildman–Crippen LogP) is 1.44. The molecule has 0 saturated carbocycles. The van der Waals surface area contributed by atoms with Crippen LogP contribution in [0.1, 0.15) is 36.2 Å². The first-order valence-electron chi connectivity index (χ1n) is 9.64. The molecule has 0 spiro atoms. The summed E-state index contributed by atoms with van der Waals surface area (Å²) in [5, 5.41) is 3.09. The number of carbonyl (C=O) groups excluding carboxylic acids is 2. The summed E-state index contributed by atoms with van der Waals surface area (Å²) in [5.41, 5.74) is 1.43. The lowest BCUT2D eigenvalue weighted by Gasteiger charge is -2.26. The van der Waals surface area contributed by atoms with Crippen LogP contribution in [0.5, 0.6) is 11.5 Å². The molecule has 2 amide bonds. The van der Waals surface area contributed by atoms with Gasteiger partial charge in [-0.2, -0.15) is 0 Å². The van der Waals surface area contributed by atoms with Crippen molar-refractivity contribution in [2.24, 2.45) is 0 Å². The van der Waals surface area contributed by atoms with E-state index in [9.17, 15) is 9.59 Å². The number of ether oxygens (including phenoxy) is 2. The fourth-order valence-electron chi connectivity index (χ4n) is 3.84. The monoisotopic (exact) mass is 375 g/mol. The number of nitrogens with one attached hydrogen (secondary N) is 1. The van der Waals surface area contributed by atoms with E-state index in [-0.39, 0.29) is 23.9 Å². The second-order valence-electron chi connectivity index (χ2n) is 7.18. The van der Waals surface area contributed by atoms with E-state index >= 15 is 0 Å². The van der Waals surface area contributed by atoms with Crippen LogP contribution in [-0.2, 0) is 4.79 Å². The summed E-state index contributed by atoms with van der Waals surface area (Å²) < 4.78 is 11.2. The summed E-state index contributed by atoms with van der Waals surface area (Å²) in [6.45, 7) is 8.93. The molecule has 1 saturated heterocycles. The second-order valence-corrected chi connectivity index (χ2v) is 7.18. The van der Waals surface area contributed by atoms with Crippen molar-refractivity contribution >= 4 is 11.8 Å². The first-order valence-corrected chi connectivity index (χ1v) is 9.64. The van der Waals surface area contributed by atoms with Crippen molar-refractivity contribution in [1.82, 2.24) is 15.1 Å². The number of likely N-dealkylation sites (N-methyl/N-ethyl adjacent to an activating group) is 2. The first-order chi connectivity index (χ1) is 12.9. The van der Waals surface area contributed by atoms with E-state index in [1.54, 1.807) is 6.07 Å². The van der Waals surface area contributed by atoms with Gasteiger partial charge in [-0.3, -0.25) is 14.5 Å². The van der Waals surface area contributed by atoms with Gasteiger partial charge in [-0.15, -0.1) is 0 Å². The third-order valence-corrected chi connectivity index (χ3v) is 5.38. The Labute approximate surface area is 160 Å². The van der Waals surface area contributed by atoms with E-state index < -0.39 is 0 Å². The maximum absolute atomic E-state index is 12.8. The number of amides is 2. The Hall–Kier alpha value is -2.28. The average Bonchev–Trinajstić information content (AvgIpc) is 3.02. The third kappa shape index (κ3) is 4.03. The third-order valence-electron chi connectivity index (χ3n) is 5.38. The fraction of sp³-hybridized carbons (Fsp3) is 0.600. The predicted molar refractivity (Wildman–Crippen MR) is 102 cm³/mol. The van der Waals surface area contributed by atoms with Gasteiger partial charge in [0.1, 0.15) is 13.2 Å². The van der Waals surface area contributed by atoms with Gasteiger partial charge in [0.15, 0.2) is 11.5 Å². The van der Waals surface area contributed by atoms with Crippen molar-refractivity contribution in [3.05, 3.63) is 23.3 Å². The maximum Gasteiger partial charge on any atom is 0.251 e. The molecule has 0 aliphatic carbocycles. The summed E-state index contributed by atoms with van der Waals surface area (Å²) in [5.74, 6) is 1.28. The lowest BCUT2D eigenvalue weighted by molar-refractivity contribution is -0.135. The van der Waals surface area contributed by atoms with E-state index in [0.29, 0.717) is 56.3 Å². The minimum atomic E-state index is -0.184. The van der Waals surface area contributed by atoms with Crippen LogP contribution in [0.25, 0.3) is 0 Å². The lowest BCUT2D eigenvalue weighted by atomic mass is 10.1. The summed E-state index contributed by atoms with van der Waals surface area (Å²) in [6.07, 6.45) is 0.626. The molecule has 2 heterocycles. The second kappa shape index (κ2) is 8.17. The molecule has 2 unspecified atom stereocenters. The Morgan fingerprint density at radius 2 is 1.81 bits per heavy atom. The van der Waals surface area contributed by atoms with Crippen molar-refractivity contribution in [3.8, 4) is 11.5 Å². The van der Waals surface area contributed by atoms with E-state index in [1.807, 2.05) is 43.7 Å². The normalized spacial score (nSPS) is 21.8. The summed E-state index contributed by atoms with van der Waals surface area (Å²) >= 11 is 0. The van der Waals surface area contributed by atoms with Gasteiger partial charge < -0.3 is 19.7 Å². The molecule has 7 nitrogen and oxygen atoms in total. The minimum absolute atomic E-state index is 0.0559. The van der Waals surface area contributed by atoms with Crippen molar-refractivity contribution < 1.29 is 19.1 Å². The topological polar surface area (TPSA) is 71.1 Å². The summed E-state index contributed by atoms with van der Waals surface area (Å²) in [4.78, 5) is 29.4. The van der Waals surface area contributed by atoms with Crippen molar-refractivity contribution in [3.63, 3.8) is 0 Å². The molecule has 3 rings (SSSR count). The van der Waals surface area contributed by atoms with E-state index in [0.717, 1.165) is 5.56 Å². The molecule has 2 aliphatic heterocycles. The van der Waals surface area contributed by atoms with Gasteiger partial charge in [-0.1, -0.05) is 0 Å². The summed E-state index contributed by atoms with van der Waals surface area (Å²) in [6, 6.07) is 3.35. The van der Waals surface area contributed by atoms with Crippen LogP contribution >= 0.6 is 0 Å². The number of aryl methyl sites for hydroxylation is 1. The molecule has 2 atom stereocenters. The number of likely N-dealkylation sites (tertiary alicyclic amines) is 1. The van der Waals surface area contributed by atoms with Gasteiger partial charge in [0.25, 0.3) is 5.91 Å². The van der Waals surface area contributed by atoms with Crippen molar-refractivity contribution in [2.45, 2.75) is 39.3 Å². The number of fused-ring (bicyclic) bond motifs is 1.